The first kappa shape index (κ1) is 15.2. The maximum atomic E-state index is 13.8. The molecule has 0 bridgehead atoms. The van der Waals surface area contributed by atoms with Crippen LogP contribution in [0.5, 0.6) is 0 Å². The van der Waals surface area contributed by atoms with Gasteiger partial charge in [-0.05, 0) is 29.8 Å². The molecular formula is C16H12ClFN4O. The van der Waals surface area contributed by atoms with Crippen LogP contribution in [0, 0.1) is 5.82 Å². The van der Waals surface area contributed by atoms with E-state index in [9.17, 15) is 9.18 Å². The number of anilines is 1. The number of nitrogens with one attached hydrogen (secondary N) is 1. The van der Waals surface area contributed by atoms with Crippen LogP contribution in [0.2, 0.25) is 5.02 Å². The topological polar surface area (TPSA) is 59.8 Å². The lowest BCUT2D eigenvalue weighted by Crippen LogP contribution is -2.13. The average Bonchev–Trinajstić information content (AvgIpc) is 3.05. The van der Waals surface area contributed by atoms with Gasteiger partial charge in [0.1, 0.15) is 12.7 Å². The molecule has 23 heavy (non-hydrogen) atoms. The van der Waals surface area contributed by atoms with Crippen LogP contribution >= 0.6 is 11.6 Å². The van der Waals surface area contributed by atoms with E-state index in [1.54, 1.807) is 29.2 Å². The van der Waals surface area contributed by atoms with E-state index < -0.39 is 11.7 Å². The highest BCUT2D eigenvalue weighted by atomic mass is 35.5. The number of rotatable bonds is 4. The summed E-state index contributed by atoms with van der Waals surface area (Å²) in [6.07, 6.45) is 3.07. The summed E-state index contributed by atoms with van der Waals surface area (Å²) < 4.78 is 15.5. The van der Waals surface area contributed by atoms with Gasteiger partial charge in [0, 0.05) is 5.56 Å². The number of hydrogen-bond donors (Lipinski definition) is 1. The van der Waals surface area contributed by atoms with Crippen LogP contribution in [-0.2, 0) is 6.54 Å². The first-order valence-corrected chi connectivity index (χ1v) is 7.18. The Balaban J connectivity index is 1.71. The molecule has 0 aliphatic carbocycles. The van der Waals surface area contributed by atoms with Gasteiger partial charge >= 0.3 is 0 Å². The third-order valence-electron chi connectivity index (χ3n) is 3.23. The van der Waals surface area contributed by atoms with Crippen LogP contribution in [0.4, 0.5) is 10.1 Å². The minimum atomic E-state index is -0.648. The minimum absolute atomic E-state index is 0.0361. The Labute approximate surface area is 136 Å². The minimum Gasteiger partial charge on any atom is -0.319 e. The van der Waals surface area contributed by atoms with Gasteiger partial charge in [-0.15, -0.1) is 0 Å². The Bertz CT molecular complexity index is 819. The molecule has 0 unspecified atom stereocenters. The Hall–Kier alpha value is -2.73. The molecule has 3 aromatic rings. The summed E-state index contributed by atoms with van der Waals surface area (Å²) in [7, 11) is 0. The zero-order valence-electron chi connectivity index (χ0n) is 11.9. The number of benzene rings is 2. The smallest absolute Gasteiger partial charge is 0.255 e. The molecule has 5 nitrogen and oxygen atoms in total. The van der Waals surface area contributed by atoms with E-state index >= 15 is 0 Å². The van der Waals surface area contributed by atoms with Gasteiger partial charge in [-0.2, -0.15) is 5.10 Å². The predicted molar refractivity (Wildman–Crippen MR) is 84.9 cm³/mol. The molecule has 0 spiro atoms. The van der Waals surface area contributed by atoms with Gasteiger partial charge in [-0.1, -0.05) is 29.8 Å². The van der Waals surface area contributed by atoms with E-state index in [1.807, 2.05) is 12.1 Å². The van der Waals surface area contributed by atoms with Crippen LogP contribution in [0.15, 0.2) is 55.1 Å². The molecule has 0 saturated heterocycles. The fourth-order valence-corrected chi connectivity index (χ4v) is 2.23. The normalized spacial score (nSPS) is 10.5. The van der Waals surface area contributed by atoms with Crippen LogP contribution in [0.1, 0.15) is 15.9 Å². The number of carbonyl (C=O) groups excluding carboxylic acids is 1. The Morgan fingerprint density at radius 1 is 1.22 bits per heavy atom. The number of nitrogens with zero attached hydrogens (tertiary/aromatic N) is 3. The van der Waals surface area contributed by atoms with Crippen LogP contribution < -0.4 is 5.32 Å². The molecule has 1 N–H and O–H groups in total. The second kappa shape index (κ2) is 6.58. The fourth-order valence-electron chi connectivity index (χ4n) is 2.06. The summed E-state index contributed by atoms with van der Waals surface area (Å²) >= 11 is 5.69. The van der Waals surface area contributed by atoms with E-state index in [0.717, 1.165) is 5.56 Å². The molecule has 2 aromatic carbocycles. The average molecular weight is 331 g/mol. The summed E-state index contributed by atoms with van der Waals surface area (Å²) in [5, 5.41) is 6.49. The summed E-state index contributed by atoms with van der Waals surface area (Å²) in [6, 6.07) is 11.4. The van der Waals surface area contributed by atoms with Gasteiger partial charge in [-0.3, -0.25) is 4.79 Å². The zero-order valence-corrected chi connectivity index (χ0v) is 12.7. The van der Waals surface area contributed by atoms with E-state index in [-0.39, 0.29) is 10.7 Å². The maximum absolute atomic E-state index is 13.8. The molecule has 0 aliphatic heterocycles. The van der Waals surface area contributed by atoms with Gasteiger partial charge in [0.25, 0.3) is 5.91 Å². The molecule has 1 amide bonds. The Morgan fingerprint density at radius 2 is 2.00 bits per heavy atom. The Morgan fingerprint density at radius 3 is 2.70 bits per heavy atom. The number of hydrogen-bond acceptors (Lipinski definition) is 3. The quantitative estimate of drug-likeness (QED) is 0.798. The van der Waals surface area contributed by atoms with Gasteiger partial charge < -0.3 is 5.32 Å². The van der Waals surface area contributed by atoms with E-state index in [2.05, 4.69) is 15.4 Å². The van der Waals surface area contributed by atoms with Crippen molar-refractivity contribution in [3.63, 3.8) is 0 Å². The first-order chi connectivity index (χ1) is 11.1. The van der Waals surface area contributed by atoms with E-state index in [1.165, 1.54) is 18.5 Å². The van der Waals surface area contributed by atoms with Crippen molar-refractivity contribution in [2.24, 2.45) is 0 Å². The Kier molecular flexibility index (Phi) is 4.34. The van der Waals surface area contributed by atoms with E-state index in [4.69, 9.17) is 11.6 Å². The molecule has 0 saturated carbocycles. The van der Waals surface area contributed by atoms with Gasteiger partial charge in [-0.25, -0.2) is 14.1 Å². The number of halogens is 2. The first-order valence-electron chi connectivity index (χ1n) is 6.80. The highest BCUT2D eigenvalue weighted by Crippen LogP contribution is 2.22. The van der Waals surface area contributed by atoms with Crippen molar-refractivity contribution in [2.75, 3.05) is 5.32 Å². The number of carbonyl (C=O) groups is 1. The summed E-state index contributed by atoms with van der Waals surface area (Å²) in [5.41, 5.74) is 1.45. The lowest BCUT2D eigenvalue weighted by atomic mass is 10.1. The molecule has 0 aliphatic rings. The third-order valence-corrected chi connectivity index (χ3v) is 3.52. The molecular weight excluding hydrogens is 319 g/mol. The molecule has 3 rings (SSSR count). The maximum Gasteiger partial charge on any atom is 0.255 e. The van der Waals surface area contributed by atoms with Gasteiger partial charge in [0.2, 0.25) is 0 Å². The molecule has 1 aromatic heterocycles. The van der Waals surface area contributed by atoms with Crippen molar-refractivity contribution in [3.8, 4) is 0 Å². The summed E-state index contributed by atoms with van der Waals surface area (Å²) in [5.74, 6) is -1.05. The molecule has 0 radical (unpaired) electrons. The van der Waals surface area contributed by atoms with E-state index in [0.29, 0.717) is 12.1 Å². The fraction of sp³-hybridized carbons (Fsp3) is 0.0625. The monoisotopic (exact) mass is 330 g/mol. The van der Waals surface area contributed by atoms with Crippen molar-refractivity contribution in [1.82, 2.24) is 14.8 Å². The predicted octanol–water partition coefficient (Wildman–Crippen LogP) is 3.37. The largest absolute Gasteiger partial charge is 0.319 e. The van der Waals surface area contributed by atoms with Crippen LogP contribution in [-0.4, -0.2) is 20.7 Å². The van der Waals surface area contributed by atoms with Crippen molar-refractivity contribution < 1.29 is 9.18 Å². The van der Waals surface area contributed by atoms with Crippen molar-refractivity contribution in [1.29, 1.82) is 0 Å². The van der Waals surface area contributed by atoms with Crippen molar-refractivity contribution in [2.45, 2.75) is 6.54 Å². The lowest BCUT2D eigenvalue weighted by Gasteiger charge is -2.08. The highest BCUT2D eigenvalue weighted by molar-refractivity contribution is 6.31. The molecule has 1 heterocycles. The SMILES string of the molecule is O=C(Nc1cccc(Cl)c1F)c1ccc(Cn2cncn2)cc1. The summed E-state index contributed by atoms with van der Waals surface area (Å²) in [4.78, 5) is 16.0. The second-order valence-electron chi connectivity index (χ2n) is 4.85. The zero-order chi connectivity index (χ0) is 16.2. The van der Waals surface area contributed by atoms with Crippen molar-refractivity contribution >= 4 is 23.2 Å². The lowest BCUT2D eigenvalue weighted by molar-refractivity contribution is 0.102. The van der Waals surface area contributed by atoms with Crippen LogP contribution in [0.3, 0.4) is 0 Å². The summed E-state index contributed by atoms with van der Waals surface area (Å²) in [6.45, 7) is 0.560. The third kappa shape index (κ3) is 3.54. The molecule has 116 valence electrons. The van der Waals surface area contributed by atoms with Gasteiger partial charge in [0.05, 0.1) is 17.3 Å². The highest BCUT2D eigenvalue weighted by Gasteiger charge is 2.11. The molecule has 0 atom stereocenters. The van der Waals surface area contributed by atoms with Crippen LogP contribution in [0.25, 0.3) is 0 Å². The number of amides is 1. The standard InChI is InChI=1S/C16H12ClFN4O/c17-13-2-1-3-14(15(13)18)21-16(23)12-6-4-11(5-7-12)8-22-10-19-9-20-22/h1-7,9-10H,8H2,(H,21,23). The van der Waals surface area contributed by atoms with Crippen molar-refractivity contribution in [3.05, 3.63) is 77.1 Å². The van der Waals surface area contributed by atoms with Gasteiger partial charge in [0.15, 0.2) is 5.82 Å². The molecule has 0 fully saturated rings. The number of aromatic nitrogens is 3. The second-order valence-corrected chi connectivity index (χ2v) is 5.25. The molecule has 7 heteroatoms.